The Morgan fingerprint density at radius 1 is 1.33 bits per heavy atom. The van der Waals surface area contributed by atoms with E-state index in [1.807, 2.05) is 0 Å². The first-order valence-corrected chi connectivity index (χ1v) is 6.44. The van der Waals surface area contributed by atoms with Gasteiger partial charge in [-0.25, -0.2) is 4.79 Å². The summed E-state index contributed by atoms with van der Waals surface area (Å²) in [6.07, 6.45) is 0.286. The Hall–Kier alpha value is -1.71. The minimum absolute atomic E-state index is 0.363. The lowest BCUT2D eigenvalue weighted by molar-refractivity contribution is 0.153. The summed E-state index contributed by atoms with van der Waals surface area (Å²) in [7, 11) is 2.12. The molecule has 4 nitrogen and oxygen atoms in total. The Morgan fingerprint density at radius 2 is 2.11 bits per heavy atom. The molecule has 3 rings (SSSR count). The van der Waals surface area contributed by atoms with Gasteiger partial charge in [-0.1, -0.05) is 18.2 Å². The van der Waals surface area contributed by atoms with Crippen LogP contribution in [0.25, 0.3) is 0 Å². The summed E-state index contributed by atoms with van der Waals surface area (Å²) in [6.45, 7) is 2.33. The van der Waals surface area contributed by atoms with Gasteiger partial charge < -0.3 is 14.9 Å². The molecule has 1 amide bonds. The van der Waals surface area contributed by atoms with Crippen LogP contribution in [0.5, 0.6) is 0 Å². The van der Waals surface area contributed by atoms with Crippen LogP contribution in [0.15, 0.2) is 24.3 Å². The molecule has 1 aromatic carbocycles. The van der Waals surface area contributed by atoms with E-state index in [1.165, 1.54) is 11.3 Å². The van der Waals surface area contributed by atoms with Crippen LogP contribution in [0.2, 0.25) is 0 Å². The average Bonchev–Trinajstić information content (AvgIpc) is 2.75. The topological polar surface area (TPSA) is 43.8 Å². The molecular formula is C14H18N2O2. The van der Waals surface area contributed by atoms with E-state index >= 15 is 0 Å². The standard InChI is InChI=1S/C14H18N2O2/c1-15-7-6-10-8-16(14(17)18)9-12(10)11-4-2-3-5-13(11)15/h2-5,10,12H,6-9H2,1H3,(H,17,18)/t10-,12-/m1/s1. The maximum atomic E-state index is 11.1. The molecule has 2 atom stereocenters. The molecule has 0 saturated carbocycles. The number of benzene rings is 1. The molecule has 4 heteroatoms. The molecule has 1 saturated heterocycles. The molecule has 2 heterocycles. The van der Waals surface area contributed by atoms with Crippen LogP contribution in [-0.2, 0) is 0 Å². The maximum Gasteiger partial charge on any atom is 0.407 e. The van der Waals surface area contributed by atoms with Gasteiger partial charge >= 0.3 is 6.09 Å². The van der Waals surface area contributed by atoms with Gasteiger partial charge in [0, 0.05) is 38.3 Å². The SMILES string of the molecule is CN1CC[C@@H]2CN(C(=O)O)C[C@H]2c2ccccc21. The molecule has 1 N–H and O–H groups in total. The van der Waals surface area contributed by atoms with Gasteiger partial charge in [0.15, 0.2) is 0 Å². The smallest absolute Gasteiger partial charge is 0.407 e. The van der Waals surface area contributed by atoms with E-state index in [-0.39, 0.29) is 0 Å². The van der Waals surface area contributed by atoms with Crippen LogP contribution >= 0.6 is 0 Å². The summed E-state index contributed by atoms with van der Waals surface area (Å²) in [4.78, 5) is 15.0. The van der Waals surface area contributed by atoms with E-state index in [0.717, 1.165) is 13.0 Å². The van der Waals surface area contributed by atoms with Crippen LogP contribution in [0.1, 0.15) is 17.9 Å². The second-order valence-electron chi connectivity index (χ2n) is 5.32. The molecule has 0 aromatic heterocycles. The third-order valence-electron chi connectivity index (χ3n) is 4.29. The van der Waals surface area contributed by atoms with Crippen LogP contribution in [0, 0.1) is 5.92 Å². The summed E-state index contributed by atoms with van der Waals surface area (Å²) < 4.78 is 0. The van der Waals surface area contributed by atoms with Crippen LogP contribution in [0.4, 0.5) is 10.5 Å². The summed E-state index contributed by atoms with van der Waals surface area (Å²) in [5.41, 5.74) is 2.57. The van der Waals surface area contributed by atoms with Crippen molar-refractivity contribution >= 4 is 11.8 Å². The zero-order valence-corrected chi connectivity index (χ0v) is 10.5. The number of amides is 1. The van der Waals surface area contributed by atoms with Crippen LogP contribution in [-0.4, -0.2) is 42.8 Å². The number of hydrogen-bond donors (Lipinski definition) is 1. The van der Waals surface area contributed by atoms with Gasteiger partial charge in [0.1, 0.15) is 0 Å². The van der Waals surface area contributed by atoms with Gasteiger partial charge in [0.05, 0.1) is 0 Å². The molecule has 96 valence electrons. The Morgan fingerprint density at radius 3 is 2.89 bits per heavy atom. The molecule has 1 aromatic rings. The molecule has 0 bridgehead atoms. The first kappa shape index (κ1) is 11.4. The van der Waals surface area contributed by atoms with Crippen molar-refractivity contribution in [1.82, 2.24) is 4.90 Å². The van der Waals surface area contributed by atoms with E-state index in [0.29, 0.717) is 24.9 Å². The average molecular weight is 246 g/mol. The highest BCUT2D eigenvalue weighted by atomic mass is 16.4. The van der Waals surface area contributed by atoms with Crippen molar-refractivity contribution in [1.29, 1.82) is 0 Å². The minimum atomic E-state index is -0.783. The Labute approximate surface area is 107 Å². The highest BCUT2D eigenvalue weighted by Gasteiger charge is 2.38. The van der Waals surface area contributed by atoms with Crippen molar-refractivity contribution in [2.45, 2.75) is 12.3 Å². The molecule has 2 aliphatic heterocycles. The highest BCUT2D eigenvalue weighted by molar-refractivity contribution is 5.66. The van der Waals surface area contributed by atoms with Crippen molar-refractivity contribution in [2.75, 3.05) is 31.6 Å². The van der Waals surface area contributed by atoms with E-state index in [1.54, 1.807) is 4.90 Å². The summed E-state index contributed by atoms with van der Waals surface area (Å²) in [6, 6.07) is 8.40. The van der Waals surface area contributed by atoms with E-state index in [9.17, 15) is 4.79 Å². The fourth-order valence-corrected chi connectivity index (χ4v) is 3.30. The number of nitrogens with zero attached hydrogens (tertiary/aromatic N) is 2. The molecule has 18 heavy (non-hydrogen) atoms. The van der Waals surface area contributed by atoms with Gasteiger partial charge in [-0.2, -0.15) is 0 Å². The zero-order chi connectivity index (χ0) is 12.7. The number of carbonyl (C=O) groups is 1. The predicted molar refractivity (Wildman–Crippen MR) is 70.2 cm³/mol. The largest absolute Gasteiger partial charge is 0.465 e. The molecule has 0 radical (unpaired) electrons. The second kappa shape index (κ2) is 4.19. The summed E-state index contributed by atoms with van der Waals surface area (Å²) in [5, 5.41) is 9.15. The first-order valence-electron chi connectivity index (χ1n) is 6.44. The number of anilines is 1. The number of fused-ring (bicyclic) bond motifs is 3. The van der Waals surface area contributed by atoms with Crippen molar-refractivity contribution in [3.8, 4) is 0 Å². The molecular weight excluding hydrogens is 228 g/mol. The van der Waals surface area contributed by atoms with Crippen LogP contribution < -0.4 is 4.90 Å². The molecule has 0 unspecified atom stereocenters. The van der Waals surface area contributed by atoms with Gasteiger partial charge in [-0.3, -0.25) is 0 Å². The molecule has 2 aliphatic rings. The van der Waals surface area contributed by atoms with Crippen molar-refractivity contribution < 1.29 is 9.90 Å². The number of hydrogen-bond acceptors (Lipinski definition) is 2. The quantitative estimate of drug-likeness (QED) is 0.763. The van der Waals surface area contributed by atoms with Crippen LogP contribution in [0.3, 0.4) is 0 Å². The lowest BCUT2D eigenvalue weighted by Crippen LogP contribution is -2.28. The second-order valence-corrected chi connectivity index (χ2v) is 5.32. The van der Waals surface area contributed by atoms with E-state index in [2.05, 4.69) is 36.2 Å². The monoisotopic (exact) mass is 246 g/mol. The molecule has 0 spiro atoms. The van der Waals surface area contributed by atoms with Gasteiger partial charge in [0.2, 0.25) is 0 Å². The number of likely N-dealkylation sites (tertiary alicyclic amines) is 1. The maximum absolute atomic E-state index is 11.1. The Bertz CT molecular complexity index is 475. The summed E-state index contributed by atoms with van der Waals surface area (Å²) in [5.74, 6) is 0.828. The lowest BCUT2D eigenvalue weighted by Gasteiger charge is -2.21. The Kier molecular flexibility index (Phi) is 2.65. The van der Waals surface area contributed by atoms with Gasteiger partial charge in [-0.15, -0.1) is 0 Å². The van der Waals surface area contributed by atoms with E-state index in [4.69, 9.17) is 5.11 Å². The number of para-hydroxylation sites is 1. The third-order valence-corrected chi connectivity index (χ3v) is 4.29. The third kappa shape index (κ3) is 1.72. The summed E-state index contributed by atoms with van der Waals surface area (Å²) >= 11 is 0. The fraction of sp³-hybridized carbons (Fsp3) is 0.500. The van der Waals surface area contributed by atoms with Crippen molar-refractivity contribution in [3.63, 3.8) is 0 Å². The molecule has 0 aliphatic carbocycles. The van der Waals surface area contributed by atoms with Crippen molar-refractivity contribution in [2.24, 2.45) is 5.92 Å². The van der Waals surface area contributed by atoms with Crippen molar-refractivity contribution in [3.05, 3.63) is 29.8 Å². The van der Waals surface area contributed by atoms with Gasteiger partial charge in [0.25, 0.3) is 0 Å². The Balaban J connectivity index is 1.98. The number of rotatable bonds is 0. The number of carboxylic acid groups (broad SMARTS) is 1. The normalized spacial score (nSPS) is 26.5. The zero-order valence-electron chi connectivity index (χ0n) is 10.5. The lowest BCUT2D eigenvalue weighted by atomic mass is 9.87. The highest BCUT2D eigenvalue weighted by Crippen LogP contribution is 2.41. The van der Waals surface area contributed by atoms with Gasteiger partial charge in [-0.05, 0) is 24.0 Å². The fourth-order valence-electron chi connectivity index (χ4n) is 3.30. The first-order chi connectivity index (χ1) is 8.66. The molecule has 1 fully saturated rings. The predicted octanol–water partition coefficient (Wildman–Crippen LogP) is 2.22. The van der Waals surface area contributed by atoms with E-state index < -0.39 is 6.09 Å². The minimum Gasteiger partial charge on any atom is -0.465 e.